The molecule has 0 aromatic rings. The van der Waals surface area contributed by atoms with Gasteiger partial charge in [0.2, 0.25) is 0 Å². The summed E-state index contributed by atoms with van der Waals surface area (Å²) in [6.07, 6.45) is 2.64. The third-order valence-corrected chi connectivity index (χ3v) is 11.8. The maximum absolute atomic E-state index is 12.3. The van der Waals surface area contributed by atoms with Gasteiger partial charge in [0.1, 0.15) is 11.6 Å². The summed E-state index contributed by atoms with van der Waals surface area (Å²) in [6.45, 7) is 9.08. The van der Waals surface area contributed by atoms with E-state index in [1.165, 1.54) is 0 Å². The third-order valence-electron chi connectivity index (χ3n) is 5.84. The maximum Gasteiger partial charge on any atom is 0.334 e. The van der Waals surface area contributed by atoms with Crippen molar-refractivity contribution >= 4 is 28.7 Å². The van der Waals surface area contributed by atoms with Crippen LogP contribution in [0.25, 0.3) is 0 Å². The highest BCUT2D eigenvalue weighted by molar-refractivity contribution is 6.66. The summed E-state index contributed by atoms with van der Waals surface area (Å²) >= 11 is 0. The Labute approximate surface area is 179 Å². The van der Waals surface area contributed by atoms with Crippen LogP contribution in [0.4, 0.5) is 0 Å². The molecule has 0 aliphatic carbocycles. The Morgan fingerprint density at radius 2 is 1.03 bits per heavy atom. The van der Waals surface area contributed by atoms with Crippen molar-refractivity contribution in [2.45, 2.75) is 64.7 Å². The molecule has 0 rings (SSSR count). The summed E-state index contributed by atoms with van der Waals surface area (Å²) in [7, 11) is 2.48. The van der Waals surface area contributed by atoms with Crippen molar-refractivity contribution in [3.63, 3.8) is 0 Å². The summed E-state index contributed by atoms with van der Waals surface area (Å²) in [5, 5.41) is 3.28. The van der Waals surface area contributed by atoms with E-state index in [0.29, 0.717) is 25.9 Å². The predicted molar refractivity (Wildman–Crippen MR) is 121 cm³/mol. The van der Waals surface area contributed by atoms with Gasteiger partial charge in [-0.05, 0) is 38.0 Å². The molecular weight excluding hydrogens is 406 g/mol. The normalized spacial score (nSPS) is 14.6. The number of carbonyl (C=O) groups excluding carboxylic acids is 2. The average molecular weight is 450 g/mol. The first-order valence-corrected chi connectivity index (χ1v) is 15.6. The Kier molecular flexibility index (Phi) is 14.3. The minimum atomic E-state index is -2.10. The van der Waals surface area contributed by atoms with Crippen LogP contribution in [0.15, 0.2) is 0 Å². The molecule has 0 aromatic carbocycles. The third kappa shape index (κ3) is 11.5. The lowest BCUT2D eigenvalue weighted by molar-refractivity contribution is -0.122. The minimum Gasteiger partial charge on any atom is -0.398 e. The molecule has 0 saturated heterocycles. The molecular formula is C20H43NO6Si2. The molecule has 2 unspecified atom stereocenters. The Balaban J connectivity index is 4.08. The zero-order chi connectivity index (χ0) is 22.5. The van der Waals surface area contributed by atoms with Crippen LogP contribution in [-0.2, 0) is 27.3 Å². The fraction of sp³-hybridized carbons (Fsp3) is 0.900. The fourth-order valence-electron chi connectivity index (χ4n) is 2.98. The van der Waals surface area contributed by atoms with E-state index in [2.05, 4.69) is 5.32 Å². The molecule has 0 fully saturated rings. The van der Waals surface area contributed by atoms with Gasteiger partial charge in [0.15, 0.2) is 0 Å². The molecule has 7 nitrogen and oxygen atoms in total. The second-order valence-electron chi connectivity index (χ2n) is 8.18. The molecule has 1 N–H and O–H groups in total. The predicted octanol–water partition coefficient (Wildman–Crippen LogP) is 3.28. The number of rotatable bonds is 18. The van der Waals surface area contributed by atoms with Gasteiger partial charge in [0.25, 0.3) is 0 Å². The standard InChI is InChI=1S/C20H43NO6Si2/c1-17(19(22)11-9-13-28(7,24-3)25-4)15-21-16-18(2)20(23)12-10-14-29(8,26-5)27-6/h17-18,21H,9-16H2,1-8H3. The van der Waals surface area contributed by atoms with Crippen molar-refractivity contribution in [1.29, 1.82) is 0 Å². The van der Waals surface area contributed by atoms with Crippen molar-refractivity contribution in [3.05, 3.63) is 0 Å². The van der Waals surface area contributed by atoms with Crippen LogP contribution < -0.4 is 5.32 Å². The van der Waals surface area contributed by atoms with Crippen LogP contribution >= 0.6 is 0 Å². The molecule has 0 heterocycles. The quantitative estimate of drug-likeness (QED) is 0.322. The maximum atomic E-state index is 12.3. The number of carbonyl (C=O) groups is 2. The second-order valence-corrected chi connectivity index (χ2v) is 15.4. The fourth-order valence-corrected chi connectivity index (χ4v) is 5.77. The smallest absolute Gasteiger partial charge is 0.334 e. The second kappa shape index (κ2) is 14.6. The van der Waals surface area contributed by atoms with Gasteiger partial charge in [-0.25, -0.2) is 0 Å². The van der Waals surface area contributed by atoms with Crippen molar-refractivity contribution in [2.24, 2.45) is 11.8 Å². The average Bonchev–Trinajstić information content (AvgIpc) is 2.72. The molecule has 0 bridgehead atoms. The van der Waals surface area contributed by atoms with Gasteiger partial charge in [0, 0.05) is 66.2 Å². The highest BCUT2D eigenvalue weighted by atomic mass is 28.4. The van der Waals surface area contributed by atoms with E-state index in [-0.39, 0.29) is 23.4 Å². The zero-order valence-electron chi connectivity index (χ0n) is 19.8. The van der Waals surface area contributed by atoms with E-state index in [1.807, 2.05) is 26.9 Å². The number of nitrogens with one attached hydrogen (secondary N) is 1. The molecule has 9 heteroatoms. The van der Waals surface area contributed by atoms with Crippen molar-refractivity contribution < 1.29 is 27.3 Å². The molecule has 172 valence electrons. The molecule has 0 amide bonds. The summed E-state index contributed by atoms with van der Waals surface area (Å²) < 4.78 is 21.8. The highest BCUT2D eigenvalue weighted by Crippen LogP contribution is 2.17. The van der Waals surface area contributed by atoms with E-state index in [4.69, 9.17) is 17.7 Å². The molecule has 0 aliphatic heterocycles. The Morgan fingerprint density at radius 1 is 0.724 bits per heavy atom. The van der Waals surface area contributed by atoms with E-state index in [9.17, 15) is 9.59 Å². The molecule has 29 heavy (non-hydrogen) atoms. The molecule has 2 atom stereocenters. The van der Waals surface area contributed by atoms with Crippen LogP contribution in [0, 0.1) is 11.8 Å². The van der Waals surface area contributed by atoms with Gasteiger partial charge >= 0.3 is 17.1 Å². The van der Waals surface area contributed by atoms with Crippen LogP contribution in [0.3, 0.4) is 0 Å². The lowest BCUT2D eigenvalue weighted by Gasteiger charge is -2.23. The topological polar surface area (TPSA) is 83.1 Å². The van der Waals surface area contributed by atoms with Crippen LogP contribution in [0.1, 0.15) is 39.5 Å². The molecule has 0 saturated carbocycles. The summed E-state index contributed by atoms with van der Waals surface area (Å²) in [6, 6.07) is 1.62. The molecule has 0 aliphatic rings. The number of hydrogen-bond acceptors (Lipinski definition) is 7. The minimum absolute atomic E-state index is 0.0644. The first-order chi connectivity index (χ1) is 13.6. The van der Waals surface area contributed by atoms with Crippen LogP contribution in [-0.4, -0.2) is 70.2 Å². The summed E-state index contributed by atoms with van der Waals surface area (Å²) in [4.78, 5) is 24.6. The van der Waals surface area contributed by atoms with E-state index >= 15 is 0 Å². The first-order valence-electron chi connectivity index (χ1n) is 10.5. The lowest BCUT2D eigenvalue weighted by Crippen LogP contribution is -2.36. The molecule has 0 aromatic heterocycles. The molecule has 0 spiro atoms. The van der Waals surface area contributed by atoms with Crippen LogP contribution in [0.2, 0.25) is 25.2 Å². The summed E-state index contributed by atoms with van der Waals surface area (Å²) in [5.41, 5.74) is 0. The van der Waals surface area contributed by atoms with Crippen LogP contribution in [0.5, 0.6) is 0 Å². The number of ketones is 2. The number of hydrogen-bond donors (Lipinski definition) is 1. The van der Waals surface area contributed by atoms with Crippen molar-refractivity contribution in [3.8, 4) is 0 Å². The van der Waals surface area contributed by atoms with Gasteiger partial charge in [-0.2, -0.15) is 0 Å². The van der Waals surface area contributed by atoms with Gasteiger partial charge in [-0.1, -0.05) is 13.8 Å². The SMILES string of the molecule is CO[Si](C)(CCCC(=O)C(C)CNCC(C)C(=O)CCC[Si](C)(OC)OC)OC. The zero-order valence-corrected chi connectivity index (χ0v) is 21.8. The van der Waals surface area contributed by atoms with Gasteiger partial charge in [-0.15, -0.1) is 0 Å². The van der Waals surface area contributed by atoms with Gasteiger partial charge in [-0.3, -0.25) is 9.59 Å². The van der Waals surface area contributed by atoms with Gasteiger partial charge in [0.05, 0.1) is 0 Å². The Morgan fingerprint density at radius 3 is 1.31 bits per heavy atom. The lowest BCUT2D eigenvalue weighted by atomic mass is 10.0. The largest absolute Gasteiger partial charge is 0.398 e. The van der Waals surface area contributed by atoms with E-state index in [0.717, 1.165) is 24.9 Å². The monoisotopic (exact) mass is 449 g/mol. The Bertz CT molecular complexity index is 442. The van der Waals surface area contributed by atoms with E-state index < -0.39 is 17.1 Å². The first kappa shape index (κ1) is 28.6. The highest BCUT2D eigenvalue weighted by Gasteiger charge is 2.29. The summed E-state index contributed by atoms with van der Waals surface area (Å²) in [5.74, 6) is 0.350. The Hall–Kier alpha value is -0.426. The van der Waals surface area contributed by atoms with E-state index in [1.54, 1.807) is 28.4 Å². The van der Waals surface area contributed by atoms with Crippen molar-refractivity contribution in [2.75, 3.05) is 41.5 Å². The van der Waals surface area contributed by atoms with Crippen molar-refractivity contribution in [1.82, 2.24) is 5.32 Å². The van der Waals surface area contributed by atoms with Gasteiger partial charge < -0.3 is 23.0 Å². The molecule has 0 radical (unpaired) electrons. The number of Topliss-reactive ketones (excluding diaryl/α,β-unsaturated/α-hetero) is 2.